The maximum atomic E-state index is 11.9. The minimum Gasteiger partial charge on any atom is -0.369 e. The number of nitrogens with one attached hydrogen (secondary N) is 1. The van der Waals surface area contributed by atoms with Crippen molar-refractivity contribution in [2.45, 2.75) is 50.5 Å². The Morgan fingerprint density at radius 1 is 1.09 bits per heavy atom. The molecule has 1 fully saturated rings. The lowest BCUT2D eigenvalue weighted by Gasteiger charge is -2.24. The summed E-state index contributed by atoms with van der Waals surface area (Å²) in [5.41, 5.74) is 13.8. The van der Waals surface area contributed by atoms with Gasteiger partial charge in [0.1, 0.15) is 0 Å². The first-order chi connectivity index (χ1) is 11.1. The van der Waals surface area contributed by atoms with Crippen molar-refractivity contribution in [3.63, 3.8) is 0 Å². The number of rotatable bonds is 1. The highest BCUT2D eigenvalue weighted by atomic mass is 16.1. The summed E-state index contributed by atoms with van der Waals surface area (Å²) < 4.78 is 0. The molecule has 0 aliphatic heterocycles. The first-order valence-corrected chi connectivity index (χ1v) is 8.34. The van der Waals surface area contributed by atoms with Gasteiger partial charge in [0.05, 0.1) is 5.69 Å². The molecule has 2 aliphatic rings. The van der Waals surface area contributed by atoms with Crippen LogP contribution in [-0.2, 0) is 6.42 Å². The van der Waals surface area contributed by atoms with Gasteiger partial charge in [0, 0.05) is 17.5 Å². The molecule has 5 heteroatoms. The van der Waals surface area contributed by atoms with Crippen LogP contribution >= 0.6 is 0 Å². The Balaban J connectivity index is 0.000000267. The predicted molar refractivity (Wildman–Crippen MR) is 92.3 cm³/mol. The number of hydrogen-bond acceptors (Lipinski definition) is 4. The van der Waals surface area contributed by atoms with Crippen LogP contribution in [0.5, 0.6) is 0 Å². The maximum Gasteiger partial charge on any atom is 0.255 e. The van der Waals surface area contributed by atoms with Gasteiger partial charge < -0.3 is 11.5 Å². The number of nitrogen functional groups attached to an aromatic ring is 1. The molecule has 1 heterocycles. The highest BCUT2D eigenvalue weighted by Gasteiger charge is 2.25. The van der Waals surface area contributed by atoms with Crippen molar-refractivity contribution in [3.8, 4) is 0 Å². The van der Waals surface area contributed by atoms with Gasteiger partial charge in [0.25, 0.3) is 5.56 Å². The number of nitrogens with zero attached hydrogens (tertiary/aromatic N) is 1. The summed E-state index contributed by atoms with van der Waals surface area (Å²) >= 11 is 0. The lowest BCUT2D eigenvalue weighted by atomic mass is 9.82. The fourth-order valence-electron chi connectivity index (χ4n) is 3.13. The van der Waals surface area contributed by atoms with E-state index in [0.717, 1.165) is 30.5 Å². The lowest BCUT2D eigenvalue weighted by molar-refractivity contribution is 0.418. The third-order valence-corrected chi connectivity index (χ3v) is 4.67. The molecule has 0 saturated heterocycles. The number of H-pyrrole nitrogens is 1. The van der Waals surface area contributed by atoms with Crippen LogP contribution in [0.1, 0.15) is 54.8 Å². The Bertz CT molecular complexity index is 707. The van der Waals surface area contributed by atoms with Crippen LogP contribution < -0.4 is 17.0 Å². The van der Waals surface area contributed by atoms with E-state index < -0.39 is 0 Å². The fourth-order valence-corrected chi connectivity index (χ4v) is 3.13. The Kier molecular flexibility index (Phi) is 4.76. The van der Waals surface area contributed by atoms with Crippen molar-refractivity contribution >= 4 is 5.95 Å². The molecular weight excluding hydrogens is 288 g/mol. The van der Waals surface area contributed by atoms with Crippen LogP contribution in [-0.4, -0.2) is 16.0 Å². The molecule has 0 bridgehead atoms. The minimum atomic E-state index is -0.0851. The maximum absolute atomic E-state index is 11.9. The van der Waals surface area contributed by atoms with Gasteiger partial charge in [-0.2, -0.15) is 0 Å². The van der Waals surface area contributed by atoms with E-state index in [1.54, 1.807) is 0 Å². The van der Waals surface area contributed by atoms with Gasteiger partial charge in [0.15, 0.2) is 0 Å². The molecule has 1 aromatic carbocycles. The molecule has 122 valence electrons. The average molecular weight is 312 g/mol. The molecule has 4 rings (SSSR count). The number of aromatic nitrogens is 2. The van der Waals surface area contributed by atoms with E-state index in [0.29, 0.717) is 6.04 Å². The van der Waals surface area contributed by atoms with Crippen molar-refractivity contribution in [2.75, 3.05) is 5.73 Å². The average Bonchev–Trinajstić information content (AvgIpc) is 2.54. The zero-order chi connectivity index (χ0) is 16.2. The van der Waals surface area contributed by atoms with Crippen LogP contribution in [0.25, 0.3) is 0 Å². The van der Waals surface area contributed by atoms with E-state index in [1.807, 2.05) is 18.2 Å². The topological polar surface area (TPSA) is 97.8 Å². The summed E-state index contributed by atoms with van der Waals surface area (Å²) in [4.78, 5) is 18.8. The van der Waals surface area contributed by atoms with Crippen molar-refractivity contribution < 1.29 is 0 Å². The van der Waals surface area contributed by atoms with Crippen molar-refractivity contribution in [2.24, 2.45) is 5.73 Å². The molecular formula is C18H24N4O. The number of benzene rings is 1. The van der Waals surface area contributed by atoms with Crippen molar-refractivity contribution in [3.05, 3.63) is 57.5 Å². The Morgan fingerprint density at radius 3 is 2.39 bits per heavy atom. The van der Waals surface area contributed by atoms with Gasteiger partial charge in [-0.05, 0) is 37.7 Å². The zero-order valence-corrected chi connectivity index (χ0v) is 13.3. The summed E-state index contributed by atoms with van der Waals surface area (Å²) in [6.07, 6.45) is 6.72. The smallest absolute Gasteiger partial charge is 0.255 e. The Hall–Kier alpha value is -2.14. The standard InChI is InChI=1S/C14H15N3O.C4H9N/c15-14-16-12-10(9-5-2-1-3-6-9)7-4-8-11(12)13(18)17-14;5-4-2-1-3-4/h1-3,5-6,10H,4,7-8H2,(H3,15,16,17,18);4H,1-3,5H2. The second-order valence-electron chi connectivity index (χ2n) is 6.36. The summed E-state index contributed by atoms with van der Waals surface area (Å²) in [7, 11) is 0. The van der Waals surface area contributed by atoms with E-state index in [4.69, 9.17) is 11.5 Å². The van der Waals surface area contributed by atoms with Crippen molar-refractivity contribution in [1.29, 1.82) is 0 Å². The Morgan fingerprint density at radius 2 is 1.78 bits per heavy atom. The SMILES string of the molecule is NC1CCC1.Nc1nc2c(c(=O)[nH]1)CCCC2c1ccccc1. The second-order valence-corrected chi connectivity index (χ2v) is 6.36. The second kappa shape index (κ2) is 6.96. The molecule has 23 heavy (non-hydrogen) atoms. The summed E-state index contributed by atoms with van der Waals surface area (Å²) in [6.45, 7) is 0. The van der Waals surface area contributed by atoms with Gasteiger partial charge in [-0.1, -0.05) is 36.8 Å². The molecule has 1 unspecified atom stereocenters. The third kappa shape index (κ3) is 3.62. The summed E-state index contributed by atoms with van der Waals surface area (Å²) in [5, 5.41) is 0. The molecule has 5 N–H and O–H groups in total. The van der Waals surface area contributed by atoms with Gasteiger partial charge >= 0.3 is 0 Å². The van der Waals surface area contributed by atoms with Gasteiger partial charge in [-0.15, -0.1) is 0 Å². The van der Waals surface area contributed by atoms with Crippen LogP contribution in [0, 0.1) is 0 Å². The molecule has 1 atom stereocenters. The number of aromatic amines is 1. The highest BCUT2D eigenvalue weighted by molar-refractivity contribution is 5.37. The number of nitrogens with two attached hydrogens (primary N) is 2. The van der Waals surface area contributed by atoms with Gasteiger partial charge in [-0.3, -0.25) is 9.78 Å². The van der Waals surface area contributed by atoms with Crippen LogP contribution in [0.3, 0.4) is 0 Å². The molecule has 5 nitrogen and oxygen atoms in total. The molecule has 0 amide bonds. The lowest BCUT2D eigenvalue weighted by Crippen LogP contribution is -2.27. The predicted octanol–water partition coefficient (Wildman–Crippen LogP) is 2.32. The first kappa shape index (κ1) is 15.7. The van der Waals surface area contributed by atoms with Gasteiger partial charge in [-0.25, -0.2) is 4.98 Å². The van der Waals surface area contributed by atoms with E-state index in [-0.39, 0.29) is 17.4 Å². The number of anilines is 1. The molecule has 0 spiro atoms. The van der Waals surface area contributed by atoms with E-state index >= 15 is 0 Å². The van der Waals surface area contributed by atoms with Crippen LogP contribution in [0.2, 0.25) is 0 Å². The summed E-state index contributed by atoms with van der Waals surface area (Å²) in [5.74, 6) is 0.404. The zero-order valence-electron chi connectivity index (χ0n) is 13.3. The van der Waals surface area contributed by atoms with Crippen LogP contribution in [0.15, 0.2) is 35.1 Å². The quantitative estimate of drug-likeness (QED) is 0.752. The largest absolute Gasteiger partial charge is 0.369 e. The first-order valence-electron chi connectivity index (χ1n) is 8.34. The minimum absolute atomic E-state index is 0.0851. The van der Waals surface area contributed by atoms with E-state index in [2.05, 4.69) is 22.1 Å². The normalized spacial score (nSPS) is 20.0. The molecule has 1 saturated carbocycles. The third-order valence-electron chi connectivity index (χ3n) is 4.67. The van der Waals surface area contributed by atoms with Crippen molar-refractivity contribution in [1.82, 2.24) is 9.97 Å². The highest BCUT2D eigenvalue weighted by Crippen LogP contribution is 2.33. The summed E-state index contributed by atoms with van der Waals surface area (Å²) in [6, 6.07) is 10.8. The molecule has 2 aromatic rings. The number of hydrogen-bond donors (Lipinski definition) is 3. The van der Waals surface area contributed by atoms with E-state index in [9.17, 15) is 4.79 Å². The fraction of sp³-hybridized carbons (Fsp3) is 0.444. The van der Waals surface area contributed by atoms with Crippen LogP contribution in [0.4, 0.5) is 5.95 Å². The molecule has 2 aliphatic carbocycles. The number of fused-ring (bicyclic) bond motifs is 1. The van der Waals surface area contributed by atoms with E-state index in [1.165, 1.54) is 24.8 Å². The molecule has 0 radical (unpaired) electrons. The molecule has 1 aromatic heterocycles. The Labute approximate surface area is 136 Å². The monoisotopic (exact) mass is 312 g/mol. The van der Waals surface area contributed by atoms with Gasteiger partial charge in [0.2, 0.25) is 5.95 Å².